The van der Waals surface area contributed by atoms with Gasteiger partial charge in [0.25, 0.3) is 5.56 Å². The van der Waals surface area contributed by atoms with E-state index in [4.69, 9.17) is 0 Å². The zero-order valence-corrected chi connectivity index (χ0v) is 10.1. The first-order valence-electron chi connectivity index (χ1n) is 5.77. The second-order valence-corrected chi connectivity index (χ2v) is 3.95. The van der Waals surface area contributed by atoms with Crippen LogP contribution in [0.1, 0.15) is 6.42 Å². The molecule has 0 saturated heterocycles. The predicted molar refractivity (Wildman–Crippen MR) is 71.7 cm³/mol. The molecule has 0 bridgehead atoms. The number of anilines is 1. The van der Waals surface area contributed by atoms with Crippen LogP contribution >= 0.6 is 0 Å². The molecule has 1 aromatic heterocycles. The highest BCUT2D eigenvalue weighted by molar-refractivity contribution is 5.83. The van der Waals surface area contributed by atoms with Crippen molar-refractivity contribution in [1.29, 1.82) is 0 Å². The highest BCUT2D eigenvalue weighted by Gasteiger charge is 2.02. The molecule has 18 heavy (non-hydrogen) atoms. The number of benzene rings is 1. The van der Waals surface area contributed by atoms with E-state index in [1.54, 1.807) is 13.1 Å². The summed E-state index contributed by atoms with van der Waals surface area (Å²) in [6.45, 7) is 0.480. The Bertz CT molecular complexity index is 619. The largest absolute Gasteiger partial charge is 0.371 e. The molecular formula is C13H15N3O2. The van der Waals surface area contributed by atoms with Gasteiger partial charge in [-0.05, 0) is 17.5 Å². The minimum absolute atomic E-state index is 0.0364. The van der Waals surface area contributed by atoms with E-state index >= 15 is 0 Å². The van der Waals surface area contributed by atoms with Crippen LogP contribution in [-0.4, -0.2) is 24.5 Å². The van der Waals surface area contributed by atoms with Gasteiger partial charge in [-0.25, -0.2) is 0 Å². The number of rotatable bonds is 4. The second-order valence-electron chi connectivity index (χ2n) is 3.95. The van der Waals surface area contributed by atoms with Gasteiger partial charge in [-0.3, -0.25) is 9.59 Å². The molecule has 0 radical (unpaired) electrons. The van der Waals surface area contributed by atoms with E-state index in [2.05, 4.69) is 15.6 Å². The Morgan fingerprint density at radius 2 is 2.11 bits per heavy atom. The lowest BCUT2D eigenvalue weighted by molar-refractivity contribution is -0.120. The molecule has 3 N–H and O–H groups in total. The first-order chi connectivity index (χ1) is 8.70. The van der Waals surface area contributed by atoms with Crippen molar-refractivity contribution in [1.82, 2.24) is 10.3 Å². The lowest BCUT2D eigenvalue weighted by Crippen LogP contribution is -2.21. The molecule has 0 unspecified atom stereocenters. The van der Waals surface area contributed by atoms with Gasteiger partial charge in [0.2, 0.25) is 5.91 Å². The van der Waals surface area contributed by atoms with E-state index < -0.39 is 0 Å². The molecule has 1 amide bonds. The van der Waals surface area contributed by atoms with Crippen molar-refractivity contribution in [3.05, 3.63) is 40.7 Å². The molecule has 2 rings (SSSR count). The average Bonchev–Trinajstić information content (AvgIpc) is 2.38. The van der Waals surface area contributed by atoms with Gasteiger partial charge in [-0.15, -0.1) is 0 Å². The SMILES string of the molecule is CNC(=O)CCNc1cc2ccccc2c(=O)[nH]1. The van der Waals surface area contributed by atoms with Gasteiger partial charge < -0.3 is 15.6 Å². The molecular weight excluding hydrogens is 230 g/mol. The van der Waals surface area contributed by atoms with Gasteiger partial charge in [0.15, 0.2) is 0 Å². The number of H-pyrrole nitrogens is 1. The molecule has 94 valence electrons. The molecule has 0 aliphatic rings. The van der Waals surface area contributed by atoms with E-state index in [9.17, 15) is 9.59 Å². The molecule has 1 aromatic carbocycles. The summed E-state index contributed by atoms with van der Waals surface area (Å²) in [5, 5.41) is 7.11. The number of carbonyl (C=O) groups excluding carboxylic acids is 1. The number of hydrogen-bond donors (Lipinski definition) is 3. The number of nitrogens with one attached hydrogen (secondary N) is 3. The zero-order chi connectivity index (χ0) is 13.0. The fourth-order valence-corrected chi connectivity index (χ4v) is 1.74. The minimum Gasteiger partial charge on any atom is -0.371 e. The Morgan fingerprint density at radius 3 is 2.89 bits per heavy atom. The van der Waals surface area contributed by atoms with Crippen LogP contribution in [0.5, 0.6) is 0 Å². The number of carbonyl (C=O) groups is 1. The van der Waals surface area contributed by atoms with Crippen molar-refractivity contribution >= 4 is 22.5 Å². The van der Waals surface area contributed by atoms with Crippen molar-refractivity contribution in [2.75, 3.05) is 18.9 Å². The molecule has 0 aliphatic heterocycles. The van der Waals surface area contributed by atoms with Crippen molar-refractivity contribution in [2.24, 2.45) is 0 Å². The summed E-state index contributed by atoms with van der Waals surface area (Å²) in [6, 6.07) is 9.24. The second kappa shape index (κ2) is 5.35. The van der Waals surface area contributed by atoms with E-state index in [-0.39, 0.29) is 11.5 Å². The van der Waals surface area contributed by atoms with Crippen molar-refractivity contribution < 1.29 is 4.79 Å². The Labute approximate surface area is 104 Å². The molecule has 0 fully saturated rings. The molecule has 0 aliphatic carbocycles. The number of aromatic amines is 1. The lowest BCUT2D eigenvalue weighted by atomic mass is 10.2. The van der Waals surface area contributed by atoms with Crippen LogP contribution in [0.15, 0.2) is 35.1 Å². The average molecular weight is 245 g/mol. The zero-order valence-electron chi connectivity index (χ0n) is 10.1. The smallest absolute Gasteiger partial charge is 0.257 e. The maximum atomic E-state index is 11.8. The van der Waals surface area contributed by atoms with E-state index in [0.29, 0.717) is 24.2 Å². The van der Waals surface area contributed by atoms with Crippen molar-refractivity contribution in [3.8, 4) is 0 Å². The van der Waals surface area contributed by atoms with Gasteiger partial charge in [0.05, 0.1) is 0 Å². The van der Waals surface area contributed by atoms with Gasteiger partial charge in [0.1, 0.15) is 5.82 Å². The van der Waals surface area contributed by atoms with Gasteiger partial charge >= 0.3 is 0 Å². The molecule has 0 spiro atoms. The summed E-state index contributed by atoms with van der Waals surface area (Å²) >= 11 is 0. The third-order valence-electron chi connectivity index (χ3n) is 2.70. The Balaban J connectivity index is 2.15. The van der Waals surface area contributed by atoms with E-state index in [0.717, 1.165) is 5.39 Å². The lowest BCUT2D eigenvalue weighted by Gasteiger charge is -2.06. The number of pyridine rings is 1. The summed E-state index contributed by atoms with van der Waals surface area (Å²) in [6.07, 6.45) is 0.366. The predicted octanol–water partition coefficient (Wildman–Crippen LogP) is 1.08. The van der Waals surface area contributed by atoms with Crippen LogP contribution in [0.3, 0.4) is 0 Å². The van der Waals surface area contributed by atoms with Crippen LogP contribution < -0.4 is 16.2 Å². The van der Waals surface area contributed by atoms with Crippen LogP contribution in [0, 0.1) is 0 Å². The Morgan fingerprint density at radius 1 is 1.33 bits per heavy atom. The number of fused-ring (bicyclic) bond motifs is 1. The van der Waals surface area contributed by atoms with Crippen LogP contribution in [0.4, 0.5) is 5.82 Å². The quantitative estimate of drug-likeness (QED) is 0.754. The topological polar surface area (TPSA) is 74.0 Å². The third kappa shape index (κ3) is 2.68. The highest BCUT2D eigenvalue weighted by Crippen LogP contribution is 2.12. The number of aromatic nitrogens is 1. The van der Waals surface area contributed by atoms with E-state index in [1.165, 1.54) is 0 Å². The number of hydrogen-bond acceptors (Lipinski definition) is 3. The normalized spacial score (nSPS) is 10.3. The fraction of sp³-hybridized carbons (Fsp3) is 0.231. The first-order valence-corrected chi connectivity index (χ1v) is 5.77. The molecule has 2 aromatic rings. The highest BCUT2D eigenvalue weighted by atomic mass is 16.1. The molecule has 0 saturated carbocycles. The van der Waals surface area contributed by atoms with Gasteiger partial charge in [0, 0.05) is 25.4 Å². The number of amides is 1. The minimum atomic E-state index is -0.129. The van der Waals surface area contributed by atoms with Crippen molar-refractivity contribution in [3.63, 3.8) is 0 Å². The maximum Gasteiger partial charge on any atom is 0.257 e. The summed E-state index contributed by atoms with van der Waals surface area (Å²) in [5.41, 5.74) is -0.129. The monoisotopic (exact) mass is 245 g/mol. The van der Waals surface area contributed by atoms with Crippen molar-refractivity contribution in [2.45, 2.75) is 6.42 Å². The molecule has 5 heteroatoms. The third-order valence-corrected chi connectivity index (χ3v) is 2.70. The first kappa shape index (κ1) is 12.2. The standard InChI is InChI=1S/C13H15N3O2/c1-14-12(17)6-7-15-11-8-9-4-2-3-5-10(9)13(18)16-11/h2-5,8H,6-7H2,1H3,(H,14,17)(H2,15,16,18). The van der Waals surface area contributed by atoms with Crippen LogP contribution in [-0.2, 0) is 4.79 Å². The summed E-state index contributed by atoms with van der Waals surface area (Å²) in [4.78, 5) is 25.6. The summed E-state index contributed by atoms with van der Waals surface area (Å²) in [7, 11) is 1.60. The molecule has 1 heterocycles. The molecule has 0 atom stereocenters. The van der Waals surface area contributed by atoms with Gasteiger partial charge in [-0.1, -0.05) is 18.2 Å². The Kier molecular flexibility index (Phi) is 3.62. The van der Waals surface area contributed by atoms with Crippen LogP contribution in [0.25, 0.3) is 10.8 Å². The van der Waals surface area contributed by atoms with E-state index in [1.807, 2.05) is 24.3 Å². The van der Waals surface area contributed by atoms with Crippen LogP contribution in [0.2, 0.25) is 0 Å². The Hall–Kier alpha value is -2.30. The summed E-state index contributed by atoms with van der Waals surface area (Å²) < 4.78 is 0. The fourth-order valence-electron chi connectivity index (χ4n) is 1.74. The summed E-state index contributed by atoms with van der Waals surface area (Å²) in [5.74, 6) is 0.591. The maximum absolute atomic E-state index is 11.8. The molecule has 5 nitrogen and oxygen atoms in total. The van der Waals surface area contributed by atoms with Gasteiger partial charge in [-0.2, -0.15) is 0 Å².